The molecular formula is C12H12ClN3O3. The standard InChI is InChI=1S/C12H12ClN3O3/c1-7-14-15-11(16(7)2)6-19-10-5-8(13)3-4-9(10)12(17)18/h3-5H,6H2,1-2H3,(H,17,18). The molecule has 2 rings (SSSR count). The number of aromatic carboxylic acids is 1. The summed E-state index contributed by atoms with van der Waals surface area (Å²) in [5.74, 6) is 0.499. The van der Waals surface area contributed by atoms with Crippen molar-refractivity contribution in [2.75, 3.05) is 0 Å². The molecule has 1 aromatic carbocycles. The molecule has 0 atom stereocenters. The third kappa shape index (κ3) is 2.85. The predicted molar refractivity (Wildman–Crippen MR) is 68.5 cm³/mol. The fourth-order valence-electron chi connectivity index (χ4n) is 1.51. The van der Waals surface area contributed by atoms with E-state index in [4.69, 9.17) is 21.4 Å². The van der Waals surface area contributed by atoms with Gasteiger partial charge in [0.2, 0.25) is 0 Å². The molecule has 7 heteroatoms. The molecule has 1 N–H and O–H groups in total. The van der Waals surface area contributed by atoms with Gasteiger partial charge in [0.1, 0.15) is 23.7 Å². The van der Waals surface area contributed by atoms with Gasteiger partial charge in [-0.1, -0.05) is 11.6 Å². The molecule has 0 aliphatic rings. The lowest BCUT2D eigenvalue weighted by molar-refractivity contribution is 0.0691. The van der Waals surface area contributed by atoms with Crippen LogP contribution in [0.3, 0.4) is 0 Å². The molecule has 0 saturated heterocycles. The van der Waals surface area contributed by atoms with Crippen molar-refractivity contribution in [1.29, 1.82) is 0 Å². The van der Waals surface area contributed by atoms with Gasteiger partial charge in [0, 0.05) is 12.1 Å². The lowest BCUT2D eigenvalue weighted by atomic mass is 10.2. The van der Waals surface area contributed by atoms with Crippen LogP contribution in [0.2, 0.25) is 5.02 Å². The minimum Gasteiger partial charge on any atom is -0.485 e. The average molecular weight is 282 g/mol. The van der Waals surface area contributed by atoms with E-state index in [0.29, 0.717) is 10.8 Å². The normalized spacial score (nSPS) is 10.5. The molecule has 0 aliphatic heterocycles. The van der Waals surface area contributed by atoms with Crippen molar-refractivity contribution < 1.29 is 14.6 Å². The molecule has 6 nitrogen and oxygen atoms in total. The third-order valence-electron chi connectivity index (χ3n) is 2.71. The first-order valence-electron chi connectivity index (χ1n) is 5.49. The Morgan fingerprint density at radius 2 is 2.21 bits per heavy atom. The van der Waals surface area contributed by atoms with Gasteiger partial charge in [0.25, 0.3) is 0 Å². The third-order valence-corrected chi connectivity index (χ3v) is 2.95. The number of aromatic nitrogens is 3. The second kappa shape index (κ2) is 5.27. The number of rotatable bonds is 4. The first kappa shape index (κ1) is 13.4. The molecule has 1 aromatic heterocycles. The summed E-state index contributed by atoms with van der Waals surface area (Å²) in [6, 6.07) is 4.38. The highest BCUT2D eigenvalue weighted by Gasteiger charge is 2.13. The van der Waals surface area contributed by atoms with E-state index in [0.717, 1.165) is 5.82 Å². The number of hydrogen-bond donors (Lipinski definition) is 1. The predicted octanol–water partition coefficient (Wildman–Crippen LogP) is 2.05. The molecular weight excluding hydrogens is 270 g/mol. The molecule has 1 heterocycles. The molecule has 0 amide bonds. The summed E-state index contributed by atoms with van der Waals surface area (Å²) >= 11 is 5.83. The number of aryl methyl sites for hydroxylation is 1. The van der Waals surface area contributed by atoms with Crippen molar-refractivity contribution in [1.82, 2.24) is 14.8 Å². The molecule has 0 unspecified atom stereocenters. The zero-order chi connectivity index (χ0) is 14.0. The first-order valence-corrected chi connectivity index (χ1v) is 5.87. The van der Waals surface area contributed by atoms with Gasteiger partial charge in [-0.15, -0.1) is 10.2 Å². The fourth-order valence-corrected chi connectivity index (χ4v) is 1.67. The smallest absolute Gasteiger partial charge is 0.339 e. The van der Waals surface area contributed by atoms with Gasteiger partial charge in [-0.3, -0.25) is 0 Å². The van der Waals surface area contributed by atoms with Gasteiger partial charge in [-0.25, -0.2) is 4.79 Å². The van der Waals surface area contributed by atoms with Gasteiger partial charge >= 0.3 is 5.97 Å². The van der Waals surface area contributed by atoms with Crippen molar-refractivity contribution in [3.63, 3.8) is 0 Å². The number of carbonyl (C=O) groups is 1. The Morgan fingerprint density at radius 3 is 2.79 bits per heavy atom. The second-order valence-electron chi connectivity index (χ2n) is 3.96. The second-order valence-corrected chi connectivity index (χ2v) is 4.39. The maximum atomic E-state index is 11.1. The SMILES string of the molecule is Cc1nnc(COc2cc(Cl)ccc2C(=O)O)n1C. The zero-order valence-electron chi connectivity index (χ0n) is 10.4. The Hall–Kier alpha value is -2.08. The molecule has 19 heavy (non-hydrogen) atoms. The number of ether oxygens (including phenoxy) is 1. The van der Waals surface area contributed by atoms with Crippen molar-refractivity contribution >= 4 is 17.6 Å². The summed E-state index contributed by atoms with van der Waals surface area (Å²) in [6.07, 6.45) is 0. The zero-order valence-corrected chi connectivity index (χ0v) is 11.2. The molecule has 0 radical (unpaired) electrons. The number of halogens is 1. The van der Waals surface area contributed by atoms with Gasteiger partial charge in [-0.05, 0) is 25.1 Å². The van der Waals surface area contributed by atoms with Crippen LogP contribution in [0, 0.1) is 6.92 Å². The van der Waals surface area contributed by atoms with E-state index in [1.807, 2.05) is 14.0 Å². The molecule has 2 aromatic rings. The highest BCUT2D eigenvalue weighted by Crippen LogP contribution is 2.24. The quantitative estimate of drug-likeness (QED) is 0.928. The molecule has 0 aliphatic carbocycles. The summed E-state index contributed by atoms with van der Waals surface area (Å²) in [5.41, 5.74) is 0.0586. The van der Waals surface area contributed by atoms with Crippen molar-refractivity contribution in [3.05, 3.63) is 40.4 Å². The first-order chi connectivity index (χ1) is 8.99. The van der Waals surface area contributed by atoms with Crippen LogP contribution in [0.1, 0.15) is 22.0 Å². The molecule has 100 valence electrons. The Kier molecular flexibility index (Phi) is 3.71. The fraction of sp³-hybridized carbons (Fsp3) is 0.250. The number of nitrogens with zero attached hydrogens (tertiary/aromatic N) is 3. The molecule has 0 fully saturated rings. The summed E-state index contributed by atoms with van der Waals surface area (Å²) < 4.78 is 7.24. The Balaban J connectivity index is 2.21. The summed E-state index contributed by atoms with van der Waals surface area (Å²) in [4.78, 5) is 11.1. The van der Waals surface area contributed by atoms with Gasteiger partial charge in [0.15, 0.2) is 5.82 Å². The number of carboxylic acids is 1. The van der Waals surface area contributed by atoms with E-state index < -0.39 is 5.97 Å². The number of carboxylic acid groups (broad SMARTS) is 1. The van der Waals surface area contributed by atoms with Crippen molar-refractivity contribution in [2.24, 2.45) is 7.05 Å². The molecule has 0 bridgehead atoms. The van der Waals surface area contributed by atoms with Crippen LogP contribution < -0.4 is 4.74 Å². The van der Waals surface area contributed by atoms with Crippen LogP contribution in [0.25, 0.3) is 0 Å². The minimum absolute atomic E-state index is 0.0586. The lowest BCUT2D eigenvalue weighted by Gasteiger charge is -2.09. The largest absolute Gasteiger partial charge is 0.485 e. The maximum Gasteiger partial charge on any atom is 0.339 e. The highest BCUT2D eigenvalue weighted by atomic mass is 35.5. The topological polar surface area (TPSA) is 77.2 Å². The number of hydrogen-bond acceptors (Lipinski definition) is 4. The Bertz CT molecular complexity index is 625. The lowest BCUT2D eigenvalue weighted by Crippen LogP contribution is -2.07. The Morgan fingerprint density at radius 1 is 1.47 bits per heavy atom. The van der Waals surface area contributed by atoms with Crippen LogP contribution >= 0.6 is 11.6 Å². The van der Waals surface area contributed by atoms with Gasteiger partial charge < -0.3 is 14.4 Å². The van der Waals surface area contributed by atoms with Crippen molar-refractivity contribution in [3.8, 4) is 5.75 Å². The summed E-state index contributed by atoms with van der Waals surface area (Å²) in [5, 5.41) is 17.3. The van der Waals surface area contributed by atoms with E-state index in [2.05, 4.69) is 10.2 Å². The van der Waals surface area contributed by atoms with Gasteiger partial charge in [-0.2, -0.15) is 0 Å². The van der Waals surface area contributed by atoms with Crippen LogP contribution in [0.4, 0.5) is 0 Å². The van der Waals surface area contributed by atoms with E-state index in [1.165, 1.54) is 18.2 Å². The molecule has 0 saturated carbocycles. The average Bonchev–Trinajstić information content (AvgIpc) is 2.67. The van der Waals surface area contributed by atoms with Crippen LogP contribution in [0.15, 0.2) is 18.2 Å². The van der Waals surface area contributed by atoms with Crippen molar-refractivity contribution in [2.45, 2.75) is 13.5 Å². The summed E-state index contributed by atoms with van der Waals surface area (Å²) in [6.45, 7) is 1.94. The minimum atomic E-state index is -1.07. The van der Waals surface area contributed by atoms with Crippen LogP contribution in [-0.4, -0.2) is 25.8 Å². The number of benzene rings is 1. The van der Waals surface area contributed by atoms with E-state index >= 15 is 0 Å². The van der Waals surface area contributed by atoms with Gasteiger partial charge in [0.05, 0.1) is 0 Å². The van der Waals surface area contributed by atoms with Crippen LogP contribution in [0.5, 0.6) is 5.75 Å². The van der Waals surface area contributed by atoms with Crippen LogP contribution in [-0.2, 0) is 13.7 Å². The summed E-state index contributed by atoms with van der Waals surface area (Å²) in [7, 11) is 1.81. The van der Waals surface area contributed by atoms with E-state index in [9.17, 15) is 4.79 Å². The van der Waals surface area contributed by atoms with E-state index in [1.54, 1.807) is 4.57 Å². The van der Waals surface area contributed by atoms with E-state index in [-0.39, 0.29) is 17.9 Å². The highest BCUT2D eigenvalue weighted by molar-refractivity contribution is 6.30. The monoisotopic (exact) mass is 281 g/mol. The molecule has 0 spiro atoms. The maximum absolute atomic E-state index is 11.1. The Labute approximate surface area is 114 Å².